The third kappa shape index (κ3) is 3.23. The first-order valence-electron chi connectivity index (χ1n) is 5.80. The lowest BCUT2D eigenvalue weighted by Gasteiger charge is -2.09. The Bertz CT molecular complexity index is 676. The predicted molar refractivity (Wildman–Crippen MR) is 76.2 cm³/mol. The molecule has 0 fully saturated rings. The second-order valence-electron chi connectivity index (χ2n) is 4.03. The number of benzene rings is 1. The van der Waals surface area contributed by atoms with Crippen LogP contribution >= 0.6 is 0 Å². The zero-order valence-electron chi connectivity index (χ0n) is 10.6. The van der Waals surface area contributed by atoms with E-state index in [0.717, 1.165) is 16.8 Å². The molecule has 2 rings (SSSR count). The van der Waals surface area contributed by atoms with Crippen molar-refractivity contribution in [2.24, 2.45) is 0 Å². The molecule has 0 aliphatic heterocycles. The molecular weight excluding hydrogens is 262 g/mol. The third-order valence-corrected chi connectivity index (χ3v) is 3.99. The average molecular weight is 277 g/mol. The van der Waals surface area contributed by atoms with Gasteiger partial charge in [0.1, 0.15) is 0 Å². The van der Waals surface area contributed by atoms with Gasteiger partial charge in [0.15, 0.2) is 0 Å². The standard InChI is InChI=1S/C13H15N3O2S/c1-3-19(17,18)16-12-6-4-5-11(7-12)10(2)13-8-14-9-15-13/h4-9,16H,2-3H2,1H3,(H,14,15). The lowest BCUT2D eigenvalue weighted by atomic mass is 10.0. The lowest BCUT2D eigenvalue weighted by molar-refractivity contribution is 0.602. The van der Waals surface area contributed by atoms with Crippen molar-refractivity contribution in [3.05, 3.63) is 54.6 Å². The van der Waals surface area contributed by atoms with Gasteiger partial charge < -0.3 is 4.98 Å². The van der Waals surface area contributed by atoms with Crippen molar-refractivity contribution in [2.45, 2.75) is 6.92 Å². The van der Waals surface area contributed by atoms with Crippen LogP contribution in [0, 0.1) is 0 Å². The quantitative estimate of drug-likeness (QED) is 0.880. The maximum atomic E-state index is 11.5. The molecular formula is C13H15N3O2S. The van der Waals surface area contributed by atoms with Crippen molar-refractivity contribution < 1.29 is 8.42 Å². The van der Waals surface area contributed by atoms with Gasteiger partial charge in [-0.3, -0.25) is 4.72 Å². The van der Waals surface area contributed by atoms with Gasteiger partial charge in [0.2, 0.25) is 10.0 Å². The van der Waals surface area contributed by atoms with Crippen molar-refractivity contribution in [3.8, 4) is 0 Å². The van der Waals surface area contributed by atoms with Gasteiger partial charge in [-0.2, -0.15) is 0 Å². The Morgan fingerprint density at radius 3 is 2.89 bits per heavy atom. The highest BCUT2D eigenvalue weighted by atomic mass is 32.2. The Kier molecular flexibility index (Phi) is 3.71. The van der Waals surface area contributed by atoms with E-state index in [9.17, 15) is 8.42 Å². The summed E-state index contributed by atoms with van der Waals surface area (Å²) in [5.41, 5.74) is 2.92. The summed E-state index contributed by atoms with van der Waals surface area (Å²) in [5, 5.41) is 0. The first-order chi connectivity index (χ1) is 9.02. The molecule has 0 bridgehead atoms. The van der Waals surface area contributed by atoms with Crippen LogP contribution in [0.5, 0.6) is 0 Å². The molecule has 0 atom stereocenters. The van der Waals surface area contributed by atoms with Gasteiger partial charge in [-0.05, 0) is 30.2 Å². The van der Waals surface area contributed by atoms with E-state index in [1.54, 1.807) is 37.6 Å². The Labute approximate surface area is 112 Å². The second-order valence-corrected chi connectivity index (χ2v) is 6.04. The van der Waals surface area contributed by atoms with Crippen LogP contribution in [0.15, 0.2) is 43.4 Å². The summed E-state index contributed by atoms with van der Waals surface area (Å²) >= 11 is 0. The molecule has 0 aliphatic rings. The highest BCUT2D eigenvalue weighted by molar-refractivity contribution is 7.92. The van der Waals surface area contributed by atoms with Crippen LogP contribution in [0.4, 0.5) is 5.69 Å². The molecule has 0 saturated carbocycles. The Balaban J connectivity index is 2.27. The van der Waals surface area contributed by atoms with Crippen molar-refractivity contribution >= 4 is 21.3 Å². The number of sulfonamides is 1. The fourth-order valence-corrected chi connectivity index (χ4v) is 2.23. The molecule has 1 aromatic heterocycles. The minimum absolute atomic E-state index is 0.0404. The summed E-state index contributed by atoms with van der Waals surface area (Å²) in [7, 11) is -3.27. The number of H-pyrrole nitrogens is 1. The Hall–Kier alpha value is -2.08. The lowest BCUT2D eigenvalue weighted by Crippen LogP contribution is -2.14. The number of nitrogens with one attached hydrogen (secondary N) is 2. The van der Waals surface area contributed by atoms with E-state index in [1.807, 2.05) is 6.07 Å². The number of aromatic amines is 1. The summed E-state index contributed by atoms with van der Waals surface area (Å²) in [6.45, 7) is 5.57. The van der Waals surface area contributed by atoms with Crippen LogP contribution < -0.4 is 4.72 Å². The first-order valence-corrected chi connectivity index (χ1v) is 7.45. The van der Waals surface area contributed by atoms with E-state index >= 15 is 0 Å². The molecule has 6 heteroatoms. The SMILES string of the molecule is C=C(c1cccc(NS(=O)(=O)CC)c1)c1cnc[nH]1. The normalized spacial score (nSPS) is 11.2. The zero-order valence-corrected chi connectivity index (χ0v) is 11.4. The number of hydrogen-bond acceptors (Lipinski definition) is 3. The van der Waals surface area contributed by atoms with E-state index in [-0.39, 0.29) is 5.75 Å². The number of hydrogen-bond donors (Lipinski definition) is 2. The van der Waals surface area contributed by atoms with Crippen molar-refractivity contribution in [1.82, 2.24) is 9.97 Å². The van der Waals surface area contributed by atoms with E-state index < -0.39 is 10.0 Å². The van der Waals surface area contributed by atoms with E-state index in [4.69, 9.17) is 0 Å². The number of imidazole rings is 1. The highest BCUT2D eigenvalue weighted by Gasteiger charge is 2.09. The van der Waals surface area contributed by atoms with E-state index in [1.165, 1.54) is 0 Å². The molecule has 100 valence electrons. The predicted octanol–water partition coefficient (Wildman–Crippen LogP) is 2.23. The van der Waals surface area contributed by atoms with Crippen LogP contribution in [-0.2, 0) is 10.0 Å². The molecule has 19 heavy (non-hydrogen) atoms. The molecule has 0 unspecified atom stereocenters. The highest BCUT2D eigenvalue weighted by Crippen LogP contribution is 2.22. The monoisotopic (exact) mass is 277 g/mol. The molecule has 0 saturated heterocycles. The van der Waals surface area contributed by atoms with E-state index in [2.05, 4.69) is 21.3 Å². The summed E-state index contributed by atoms with van der Waals surface area (Å²) in [5.74, 6) is 0.0404. The number of aromatic nitrogens is 2. The minimum Gasteiger partial charge on any atom is -0.345 e. The molecule has 1 heterocycles. The Morgan fingerprint density at radius 1 is 1.47 bits per heavy atom. The molecule has 1 aromatic carbocycles. The number of anilines is 1. The van der Waals surface area contributed by atoms with Gasteiger partial charge in [0, 0.05) is 5.69 Å². The van der Waals surface area contributed by atoms with Crippen LogP contribution in [0.25, 0.3) is 5.57 Å². The molecule has 5 nitrogen and oxygen atoms in total. The molecule has 0 radical (unpaired) electrons. The van der Waals surface area contributed by atoms with Crippen molar-refractivity contribution in [2.75, 3.05) is 10.5 Å². The average Bonchev–Trinajstić information content (AvgIpc) is 2.91. The minimum atomic E-state index is -3.27. The molecule has 0 amide bonds. The summed E-state index contributed by atoms with van der Waals surface area (Å²) in [4.78, 5) is 6.90. The van der Waals surface area contributed by atoms with Crippen molar-refractivity contribution in [1.29, 1.82) is 0 Å². The van der Waals surface area contributed by atoms with Gasteiger partial charge in [0.25, 0.3) is 0 Å². The van der Waals surface area contributed by atoms with Crippen LogP contribution in [-0.4, -0.2) is 24.1 Å². The fourth-order valence-electron chi connectivity index (χ4n) is 1.60. The first kappa shape index (κ1) is 13.4. The van der Waals surface area contributed by atoms with Crippen LogP contribution in [0.3, 0.4) is 0 Å². The molecule has 0 aliphatic carbocycles. The largest absolute Gasteiger partial charge is 0.345 e. The summed E-state index contributed by atoms with van der Waals surface area (Å²) in [6.07, 6.45) is 3.25. The molecule has 2 aromatic rings. The van der Waals surface area contributed by atoms with Gasteiger partial charge in [-0.25, -0.2) is 13.4 Å². The summed E-state index contributed by atoms with van der Waals surface area (Å²) < 4.78 is 25.6. The Morgan fingerprint density at radius 2 is 2.26 bits per heavy atom. The van der Waals surface area contributed by atoms with Crippen molar-refractivity contribution in [3.63, 3.8) is 0 Å². The molecule has 0 spiro atoms. The van der Waals surface area contributed by atoms with Gasteiger partial charge in [-0.15, -0.1) is 0 Å². The van der Waals surface area contributed by atoms with Crippen LogP contribution in [0.1, 0.15) is 18.2 Å². The summed E-state index contributed by atoms with van der Waals surface area (Å²) in [6, 6.07) is 7.10. The zero-order chi connectivity index (χ0) is 13.9. The topological polar surface area (TPSA) is 74.8 Å². The number of nitrogens with zero attached hydrogens (tertiary/aromatic N) is 1. The van der Waals surface area contributed by atoms with Gasteiger partial charge in [-0.1, -0.05) is 18.7 Å². The second kappa shape index (κ2) is 5.27. The third-order valence-electron chi connectivity index (χ3n) is 2.69. The smallest absolute Gasteiger partial charge is 0.232 e. The maximum absolute atomic E-state index is 11.5. The van der Waals surface area contributed by atoms with E-state index in [0.29, 0.717) is 5.69 Å². The van der Waals surface area contributed by atoms with Gasteiger partial charge in [0.05, 0.1) is 24.0 Å². The van der Waals surface area contributed by atoms with Gasteiger partial charge >= 0.3 is 0 Å². The van der Waals surface area contributed by atoms with Crippen LogP contribution in [0.2, 0.25) is 0 Å². The maximum Gasteiger partial charge on any atom is 0.232 e. The number of rotatable bonds is 5. The fraction of sp³-hybridized carbons (Fsp3) is 0.154. The molecule has 2 N–H and O–H groups in total.